The summed E-state index contributed by atoms with van der Waals surface area (Å²) in [6, 6.07) is 5.86. The van der Waals surface area contributed by atoms with Gasteiger partial charge in [-0.1, -0.05) is 44.2 Å². The Morgan fingerprint density at radius 1 is 0.729 bits per heavy atom. The van der Waals surface area contributed by atoms with Crippen LogP contribution in [0.2, 0.25) is 0 Å². The van der Waals surface area contributed by atoms with E-state index in [1.165, 1.54) is 27.6 Å². The quantitative estimate of drug-likeness (QED) is 0.234. The van der Waals surface area contributed by atoms with Crippen molar-refractivity contribution >= 4 is 75.8 Å². The molecule has 16 nitrogen and oxygen atoms in total. The van der Waals surface area contributed by atoms with Crippen molar-refractivity contribution < 1.29 is 33.6 Å². The molecular weight excluding hydrogens is 815 g/mol. The largest absolute Gasteiger partial charge is 0.345 e. The topological polar surface area (TPSA) is 212 Å². The summed E-state index contributed by atoms with van der Waals surface area (Å²) in [5, 5.41) is 18.2. The first kappa shape index (κ1) is 43.7. The summed E-state index contributed by atoms with van der Waals surface area (Å²) in [5.74, 6) is -2.77. The molecule has 59 heavy (non-hydrogen) atoms. The molecule has 0 saturated carbocycles. The monoisotopic (exact) mass is 865 g/mol. The highest BCUT2D eigenvalue weighted by Crippen LogP contribution is 2.35. The molecule has 1 aromatic carbocycles. The summed E-state index contributed by atoms with van der Waals surface area (Å²) in [6.45, 7) is 3.75. The van der Waals surface area contributed by atoms with Crippen LogP contribution in [-0.4, -0.2) is 117 Å². The van der Waals surface area contributed by atoms with E-state index >= 15 is 0 Å². The number of thioether (sulfide) groups is 1. The molecule has 5 atom stereocenters. The number of nitrogens with one attached hydrogen (secondary N) is 5. The molecule has 2 fully saturated rings. The van der Waals surface area contributed by atoms with Crippen molar-refractivity contribution in [2.75, 3.05) is 38.2 Å². The highest BCUT2D eigenvalue weighted by Gasteiger charge is 2.39. The number of benzene rings is 1. The van der Waals surface area contributed by atoms with Gasteiger partial charge in [0.25, 0.3) is 11.8 Å². The second-order valence-electron chi connectivity index (χ2n) is 15.3. The minimum atomic E-state index is -0.960. The van der Waals surface area contributed by atoms with Gasteiger partial charge in [-0.15, -0.1) is 22.7 Å². The number of hydrogen-bond acceptors (Lipinski definition) is 12. The van der Waals surface area contributed by atoms with E-state index in [9.17, 15) is 33.6 Å². The van der Waals surface area contributed by atoms with E-state index in [4.69, 9.17) is 4.98 Å². The molecule has 19 heteroatoms. The van der Waals surface area contributed by atoms with Gasteiger partial charge in [-0.05, 0) is 68.4 Å². The summed E-state index contributed by atoms with van der Waals surface area (Å²) >= 11 is 4.03. The number of nitrogens with zero attached hydrogens (tertiary/aromatic N) is 4. The van der Waals surface area contributed by atoms with E-state index < -0.39 is 78.7 Å². The molecule has 2 saturated heterocycles. The third-order valence-corrected chi connectivity index (χ3v) is 13.0. The van der Waals surface area contributed by atoms with E-state index in [1.807, 2.05) is 50.4 Å². The van der Waals surface area contributed by atoms with Gasteiger partial charge < -0.3 is 36.4 Å². The van der Waals surface area contributed by atoms with Gasteiger partial charge in [0.2, 0.25) is 29.5 Å². The van der Waals surface area contributed by atoms with E-state index in [-0.39, 0.29) is 23.2 Å². The number of aromatic nitrogens is 2. The van der Waals surface area contributed by atoms with Crippen LogP contribution in [0.1, 0.15) is 101 Å². The Bertz CT molecular complexity index is 2010. The lowest BCUT2D eigenvalue weighted by Gasteiger charge is -2.30. The molecule has 316 valence electrons. The summed E-state index contributed by atoms with van der Waals surface area (Å²) in [6.07, 6.45) is 5.24. The standard InChI is InChI=1S/C40H51N9O7S3/c1-23(2)17-27-40(56)48-14-7-11-30(48)36(54)42-20-32(50)43-25(13-16-57-3)39(55)49-15-8-12-31(49)38-47-29(22-59-38)35(53)45-26(18-24-9-5-4-6-10-24)37-46-28(21-58-37)34(52)41-19-33(51)44-27/h4-6,9-10,21-23,25-27,30-31H,7-8,11-20H2,1-3H3,(H,41,52)(H,42,54)(H,43,50)(H,44,51)(H,45,53)/t25-,26?,27-,30-,31?/m0/s1. The Morgan fingerprint density at radius 2 is 1.32 bits per heavy atom. The predicted molar refractivity (Wildman–Crippen MR) is 225 cm³/mol. The van der Waals surface area contributed by atoms with Crippen molar-refractivity contribution in [3.05, 3.63) is 68.1 Å². The van der Waals surface area contributed by atoms with Gasteiger partial charge in [0.15, 0.2) is 0 Å². The number of carbonyl (C=O) groups excluding carboxylic acids is 7. The molecule has 3 aromatic rings. The molecular formula is C40H51N9O7S3. The third-order valence-electron chi connectivity index (χ3n) is 10.5. The molecule has 5 heterocycles. The fraction of sp³-hybridized carbons (Fsp3) is 0.525. The maximum atomic E-state index is 14.1. The zero-order valence-electron chi connectivity index (χ0n) is 33.4. The van der Waals surface area contributed by atoms with Crippen molar-refractivity contribution in [2.45, 2.75) is 89.0 Å². The van der Waals surface area contributed by atoms with Crippen LogP contribution in [0.15, 0.2) is 41.1 Å². The Hall–Kier alpha value is -4.88. The Morgan fingerprint density at radius 3 is 2.02 bits per heavy atom. The first-order valence-electron chi connectivity index (χ1n) is 19.9. The maximum absolute atomic E-state index is 14.1. The molecule has 5 N–H and O–H groups in total. The summed E-state index contributed by atoms with van der Waals surface area (Å²) in [4.78, 5) is 108. The van der Waals surface area contributed by atoms with Crippen LogP contribution in [0.25, 0.3) is 0 Å². The average molecular weight is 866 g/mol. The number of amides is 7. The lowest BCUT2D eigenvalue weighted by Crippen LogP contribution is -2.56. The van der Waals surface area contributed by atoms with Crippen LogP contribution < -0.4 is 26.6 Å². The highest BCUT2D eigenvalue weighted by molar-refractivity contribution is 7.98. The molecule has 0 spiro atoms. The van der Waals surface area contributed by atoms with Gasteiger partial charge in [0, 0.05) is 23.8 Å². The average Bonchev–Trinajstić information content (AvgIpc) is 4.06. The molecule has 6 rings (SSSR count). The lowest BCUT2D eigenvalue weighted by molar-refractivity contribution is -0.142. The molecule has 7 amide bonds. The first-order chi connectivity index (χ1) is 28.4. The summed E-state index contributed by atoms with van der Waals surface area (Å²) in [7, 11) is 0. The predicted octanol–water partition coefficient (Wildman–Crippen LogP) is 2.60. The van der Waals surface area contributed by atoms with Gasteiger partial charge in [-0.3, -0.25) is 33.6 Å². The van der Waals surface area contributed by atoms with Crippen molar-refractivity contribution in [2.24, 2.45) is 5.92 Å². The summed E-state index contributed by atoms with van der Waals surface area (Å²) < 4.78 is 0. The smallest absolute Gasteiger partial charge is 0.271 e. The molecule has 3 aliphatic heterocycles. The Kier molecular flexibility index (Phi) is 15.1. The Balaban J connectivity index is 1.29. The highest BCUT2D eigenvalue weighted by atomic mass is 32.2. The van der Waals surface area contributed by atoms with Gasteiger partial charge in [-0.25, -0.2) is 9.97 Å². The van der Waals surface area contributed by atoms with Crippen LogP contribution in [0.5, 0.6) is 0 Å². The second kappa shape index (κ2) is 20.4. The van der Waals surface area contributed by atoms with Gasteiger partial charge >= 0.3 is 0 Å². The molecule has 0 aliphatic carbocycles. The van der Waals surface area contributed by atoms with Crippen LogP contribution in [0.4, 0.5) is 0 Å². The minimum absolute atomic E-state index is 0.00916. The van der Waals surface area contributed by atoms with Crippen LogP contribution in [-0.2, 0) is 30.4 Å². The van der Waals surface area contributed by atoms with Crippen molar-refractivity contribution in [3.8, 4) is 0 Å². The van der Waals surface area contributed by atoms with Crippen molar-refractivity contribution in [1.82, 2.24) is 46.4 Å². The maximum Gasteiger partial charge on any atom is 0.271 e. The molecule has 0 radical (unpaired) electrons. The van der Waals surface area contributed by atoms with Crippen molar-refractivity contribution in [1.29, 1.82) is 0 Å². The molecule has 4 bridgehead atoms. The molecule has 3 aliphatic rings. The van der Waals surface area contributed by atoms with Crippen LogP contribution in [0, 0.1) is 5.92 Å². The molecule has 2 aromatic heterocycles. The van der Waals surface area contributed by atoms with Crippen LogP contribution in [0.3, 0.4) is 0 Å². The number of rotatable bonds is 7. The molecule has 2 unspecified atom stereocenters. The van der Waals surface area contributed by atoms with Gasteiger partial charge in [0.05, 0.1) is 25.2 Å². The van der Waals surface area contributed by atoms with E-state index in [2.05, 4.69) is 31.6 Å². The van der Waals surface area contributed by atoms with Crippen LogP contribution >= 0.6 is 34.4 Å². The minimum Gasteiger partial charge on any atom is -0.345 e. The number of fused-ring (bicyclic) bond motifs is 7. The zero-order chi connectivity index (χ0) is 42.1. The van der Waals surface area contributed by atoms with Crippen molar-refractivity contribution in [3.63, 3.8) is 0 Å². The fourth-order valence-electron chi connectivity index (χ4n) is 7.58. The second-order valence-corrected chi connectivity index (χ2v) is 18.1. The first-order valence-corrected chi connectivity index (χ1v) is 23.1. The Labute approximate surface area is 355 Å². The van der Waals surface area contributed by atoms with E-state index in [1.54, 1.807) is 27.4 Å². The summed E-state index contributed by atoms with van der Waals surface area (Å²) in [5.41, 5.74) is 1.17. The van der Waals surface area contributed by atoms with E-state index in [0.29, 0.717) is 73.8 Å². The zero-order valence-corrected chi connectivity index (χ0v) is 35.8. The van der Waals surface area contributed by atoms with Gasteiger partial charge in [0.1, 0.15) is 39.5 Å². The number of carbonyl (C=O) groups is 7. The fourth-order valence-corrected chi connectivity index (χ4v) is 9.85. The number of thiazole rings is 2. The third kappa shape index (κ3) is 11.2. The van der Waals surface area contributed by atoms with Gasteiger partial charge in [-0.2, -0.15) is 11.8 Å². The number of hydrogen-bond donors (Lipinski definition) is 5. The van der Waals surface area contributed by atoms with E-state index in [0.717, 1.165) is 5.56 Å². The normalized spacial score (nSPS) is 24.1. The SMILES string of the molecule is CSCC[C@@H]1NC(=O)CNC(=O)[C@@H]2CCCN2C(=O)[C@H](CC(C)C)NC(=O)CNC(=O)c2csc(n2)C(Cc2ccccc2)NC(=O)c2csc(n2)C2CCCN2C1=O. The lowest BCUT2D eigenvalue weighted by atomic mass is 10.0.